The van der Waals surface area contributed by atoms with Crippen LogP contribution in [0.25, 0.3) is 0 Å². The monoisotopic (exact) mass is 305 g/mol. The van der Waals surface area contributed by atoms with Gasteiger partial charge in [0.25, 0.3) is 0 Å². The van der Waals surface area contributed by atoms with E-state index in [4.69, 9.17) is 5.11 Å². The number of aromatic carboxylic acids is 1. The Morgan fingerprint density at radius 3 is 2.40 bits per heavy atom. The van der Waals surface area contributed by atoms with Crippen LogP contribution >= 0.6 is 0 Å². The Morgan fingerprint density at radius 2 is 1.95 bits per heavy atom. The molecule has 2 N–H and O–H groups in total. The molecule has 8 heteroatoms. The van der Waals surface area contributed by atoms with Crippen LogP contribution < -0.4 is 0 Å². The lowest BCUT2D eigenvalue weighted by Gasteiger charge is -2.25. The van der Waals surface area contributed by atoms with Crippen LogP contribution in [0.15, 0.2) is 23.1 Å². The molecule has 0 amide bonds. The molecule has 0 aromatic heterocycles. The Hall–Kier alpha value is -1.51. The first kappa shape index (κ1) is 16.5. The zero-order chi connectivity index (χ0) is 15.7. The third-order valence-corrected chi connectivity index (χ3v) is 4.32. The van der Waals surface area contributed by atoms with Gasteiger partial charge < -0.3 is 10.2 Å². The maximum absolute atomic E-state index is 13.2. The van der Waals surface area contributed by atoms with Crippen LogP contribution in [0.3, 0.4) is 0 Å². The van der Waals surface area contributed by atoms with Crippen LogP contribution in [0.4, 0.5) is 4.39 Å². The highest BCUT2D eigenvalue weighted by Crippen LogP contribution is 2.22. The van der Waals surface area contributed by atoms with Crippen molar-refractivity contribution in [2.24, 2.45) is 0 Å². The second kappa shape index (κ2) is 5.47. The van der Waals surface area contributed by atoms with E-state index >= 15 is 0 Å². The highest BCUT2D eigenvalue weighted by atomic mass is 32.2. The molecule has 20 heavy (non-hydrogen) atoms. The molecule has 112 valence electrons. The Kier molecular flexibility index (Phi) is 4.52. The number of nitrogens with zero attached hydrogens (tertiary/aromatic N) is 1. The average molecular weight is 305 g/mol. The minimum atomic E-state index is -4.22. The summed E-state index contributed by atoms with van der Waals surface area (Å²) in [5.74, 6) is -2.33. The number of hydrogen-bond acceptors (Lipinski definition) is 4. The number of aliphatic hydroxyl groups is 1. The summed E-state index contributed by atoms with van der Waals surface area (Å²) in [5, 5.41) is 18.6. The van der Waals surface area contributed by atoms with Crippen molar-refractivity contribution >= 4 is 16.0 Å². The molecule has 0 fully saturated rings. The maximum atomic E-state index is 13.2. The largest absolute Gasteiger partial charge is 0.478 e. The molecular formula is C12H16FNO5S. The summed E-state index contributed by atoms with van der Waals surface area (Å²) in [5.41, 5.74) is -1.83. The molecule has 0 aliphatic rings. The predicted octanol–water partition coefficient (Wildman–Crippen LogP) is 0.915. The number of rotatable bonds is 5. The van der Waals surface area contributed by atoms with Gasteiger partial charge >= 0.3 is 5.97 Å². The van der Waals surface area contributed by atoms with Gasteiger partial charge in [-0.05, 0) is 32.0 Å². The fourth-order valence-corrected chi connectivity index (χ4v) is 3.20. The van der Waals surface area contributed by atoms with Crippen molar-refractivity contribution in [2.75, 3.05) is 13.6 Å². The highest BCUT2D eigenvalue weighted by molar-refractivity contribution is 7.89. The van der Waals surface area contributed by atoms with E-state index in [-0.39, 0.29) is 6.54 Å². The zero-order valence-corrected chi connectivity index (χ0v) is 12.1. The molecule has 0 spiro atoms. The lowest BCUT2D eigenvalue weighted by Crippen LogP contribution is -2.40. The molecule has 1 aromatic rings. The Labute approximate surface area is 116 Å². The molecule has 0 bridgehead atoms. The van der Waals surface area contributed by atoms with Crippen LogP contribution in [-0.2, 0) is 10.0 Å². The number of sulfonamides is 1. The topological polar surface area (TPSA) is 94.9 Å². The minimum absolute atomic E-state index is 0.259. The molecule has 6 nitrogen and oxygen atoms in total. The smallest absolute Gasteiger partial charge is 0.337 e. The first-order valence-corrected chi connectivity index (χ1v) is 7.11. The van der Waals surface area contributed by atoms with Crippen molar-refractivity contribution in [3.05, 3.63) is 29.6 Å². The van der Waals surface area contributed by atoms with Crippen molar-refractivity contribution in [1.82, 2.24) is 4.31 Å². The minimum Gasteiger partial charge on any atom is -0.478 e. The van der Waals surface area contributed by atoms with Crippen LogP contribution in [0.5, 0.6) is 0 Å². The van der Waals surface area contributed by atoms with Crippen LogP contribution in [-0.4, -0.2) is 48.1 Å². The number of carboxylic acid groups (broad SMARTS) is 1. The van der Waals surface area contributed by atoms with Gasteiger partial charge in [0.1, 0.15) is 5.82 Å². The summed E-state index contributed by atoms with van der Waals surface area (Å²) in [6.45, 7) is 2.55. The molecule has 0 saturated heterocycles. The Bertz CT molecular complexity index is 621. The number of carbonyl (C=O) groups is 1. The summed E-state index contributed by atoms with van der Waals surface area (Å²) in [6.07, 6.45) is 0. The molecule has 1 aromatic carbocycles. The SMILES string of the molecule is CN(CC(C)(C)O)S(=O)(=O)c1cc(F)ccc1C(=O)O. The summed E-state index contributed by atoms with van der Waals surface area (Å²) in [6, 6.07) is 2.42. The normalized spacial score (nSPS) is 12.7. The number of benzene rings is 1. The third kappa shape index (κ3) is 3.75. The second-order valence-electron chi connectivity index (χ2n) is 5.02. The van der Waals surface area contributed by atoms with Crippen molar-refractivity contribution in [3.63, 3.8) is 0 Å². The van der Waals surface area contributed by atoms with Crippen molar-refractivity contribution in [1.29, 1.82) is 0 Å². The zero-order valence-electron chi connectivity index (χ0n) is 11.3. The number of carboxylic acids is 1. The number of halogens is 1. The molecule has 0 unspecified atom stereocenters. The van der Waals surface area contributed by atoms with Gasteiger partial charge in [-0.2, -0.15) is 4.31 Å². The first-order valence-electron chi connectivity index (χ1n) is 5.67. The van der Waals surface area contributed by atoms with Gasteiger partial charge in [0, 0.05) is 13.6 Å². The highest BCUT2D eigenvalue weighted by Gasteiger charge is 2.30. The van der Waals surface area contributed by atoms with E-state index in [9.17, 15) is 22.7 Å². The van der Waals surface area contributed by atoms with Gasteiger partial charge in [0.05, 0.1) is 16.1 Å². The van der Waals surface area contributed by atoms with E-state index in [0.717, 1.165) is 16.4 Å². The fourth-order valence-electron chi connectivity index (χ4n) is 1.68. The van der Waals surface area contributed by atoms with Crippen molar-refractivity contribution in [2.45, 2.75) is 24.3 Å². The predicted molar refractivity (Wildman–Crippen MR) is 69.5 cm³/mol. The standard InChI is InChI=1S/C12H16FNO5S/c1-12(2,17)7-14(3)20(18,19)10-6-8(13)4-5-9(10)11(15)16/h4-6,17H,7H2,1-3H3,(H,15,16). The lowest BCUT2D eigenvalue weighted by atomic mass is 10.1. The van der Waals surface area contributed by atoms with E-state index in [1.807, 2.05) is 0 Å². The fraction of sp³-hybridized carbons (Fsp3) is 0.417. The summed E-state index contributed by atoms with van der Waals surface area (Å²) < 4.78 is 38.5. The molecule has 1 rings (SSSR count). The summed E-state index contributed by atoms with van der Waals surface area (Å²) in [7, 11) is -3.03. The average Bonchev–Trinajstić information content (AvgIpc) is 2.25. The van der Waals surface area contributed by atoms with E-state index in [1.165, 1.54) is 20.9 Å². The molecule has 0 aliphatic heterocycles. The van der Waals surface area contributed by atoms with Crippen LogP contribution in [0.1, 0.15) is 24.2 Å². The van der Waals surface area contributed by atoms with Gasteiger partial charge in [0.2, 0.25) is 10.0 Å². The molecule has 0 atom stereocenters. The number of likely N-dealkylation sites (N-methyl/N-ethyl adjacent to an activating group) is 1. The van der Waals surface area contributed by atoms with Gasteiger partial charge in [0.15, 0.2) is 0 Å². The number of hydrogen-bond donors (Lipinski definition) is 2. The second-order valence-corrected chi connectivity index (χ2v) is 7.03. The lowest BCUT2D eigenvalue weighted by molar-refractivity contribution is 0.0639. The molecule has 0 aliphatic carbocycles. The van der Waals surface area contributed by atoms with E-state index in [2.05, 4.69) is 0 Å². The van der Waals surface area contributed by atoms with Crippen LogP contribution in [0, 0.1) is 5.82 Å². The van der Waals surface area contributed by atoms with Crippen molar-refractivity contribution < 1.29 is 27.8 Å². The van der Waals surface area contributed by atoms with Crippen LogP contribution in [0.2, 0.25) is 0 Å². The summed E-state index contributed by atoms with van der Waals surface area (Å²) >= 11 is 0. The Balaban J connectivity index is 3.35. The third-order valence-electron chi connectivity index (χ3n) is 2.47. The van der Waals surface area contributed by atoms with E-state index < -0.39 is 37.9 Å². The Morgan fingerprint density at radius 1 is 1.40 bits per heavy atom. The van der Waals surface area contributed by atoms with Gasteiger partial charge in [-0.1, -0.05) is 0 Å². The van der Waals surface area contributed by atoms with Gasteiger partial charge in [-0.3, -0.25) is 0 Å². The summed E-state index contributed by atoms with van der Waals surface area (Å²) in [4.78, 5) is 10.4. The maximum Gasteiger partial charge on any atom is 0.337 e. The van der Waals surface area contributed by atoms with Gasteiger partial charge in [-0.15, -0.1) is 0 Å². The molecule has 0 heterocycles. The van der Waals surface area contributed by atoms with Crippen molar-refractivity contribution in [3.8, 4) is 0 Å². The molecule has 0 radical (unpaired) electrons. The van der Waals surface area contributed by atoms with E-state index in [0.29, 0.717) is 6.07 Å². The molecular weight excluding hydrogens is 289 g/mol. The quantitative estimate of drug-likeness (QED) is 0.843. The van der Waals surface area contributed by atoms with Gasteiger partial charge in [-0.25, -0.2) is 17.6 Å². The molecule has 0 saturated carbocycles. The first-order chi connectivity index (χ1) is 8.95. The van der Waals surface area contributed by atoms with E-state index in [1.54, 1.807) is 0 Å².